The maximum absolute atomic E-state index is 12.5. The average molecular weight is 380 g/mol. The van der Waals surface area contributed by atoms with Gasteiger partial charge in [0.25, 0.3) is 0 Å². The molecule has 2 fully saturated rings. The Kier molecular flexibility index (Phi) is 3.50. The predicted octanol–water partition coefficient (Wildman–Crippen LogP) is 2.64. The third kappa shape index (κ3) is 1.78. The largest absolute Gasteiger partial charge is 0.504 e. The lowest BCUT2D eigenvalue weighted by Crippen LogP contribution is -2.65. The summed E-state index contributed by atoms with van der Waals surface area (Å²) in [6.45, 7) is 1.00. The lowest BCUT2D eigenvalue weighted by atomic mass is 9.52. The van der Waals surface area contributed by atoms with Crippen LogP contribution in [0, 0.1) is 5.92 Å². The first-order valence-electron chi connectivity index (χ1n) is 8.25. The number of alkyl halides is 1. The van der Waals surface area contributed by atoms with Crippen molar-refractivity contribution < 1.29 is 14.6 Å². The average Bonchev–Trinajstić information content (AvgIpc) is 2.92. The number of carbonyl (C=O) groups excluding carboxylic acids is 1. The van der Waals surface area contributed by atoms with Gasteiger partial charge in [0, 0.05) is 23.4 Å². The van der Waals surface area contributed by atoms with Crippen molar-refractivity contribution in [2.45, 2.75) is 43.2 Å². The van der Waals surface area contributed by atoms with Crippen LogP contribution in [0.2, 0.25) is 0 Å². The van der Waals surface area contributed by atoms with Crippen molar-refractivity contribution in [3.05, 3.63) is 23.3 Å². The number of hydrogen-bond donors (Lipinski definition) is 1. The molecule has 4 nitrogen and oxygen atoms in total. The minimum absolute atomic E-state index is 0.172. The molecule has 23 heavy (non-hydrogen) atoms. The van der Waals surface area contributed by atoms with E-state index in [1.807, 2.05) is 11.9 Å². The summed E-state index contributed by atoms with van der Waals surface area (Å²) in [6, 6.07) is 4.26. The van der Waals surface area contributed by atoms with Crippen LogP contribution in [0.5, 0.6) is 11.5 Å². The van der Waals surface area contributed by atoms with E-state index >= 15 is 0 Å². The molecular weight excluding hydrogens is 358 g/mol. The van der Waals surface area contributed by atoms with Crippen molar-refractivity contribution in [2.24, 2.45) is 5.92 Å². The summed E-state index contributed by atoms with van der Waals surface area (Å²) in [4.78, 5) is 14.9. The highest BCUT2D eigenvalue weighted by atomic mass is 79.9. The van der Waals surface area contributed by atoms with Crippen molar-refractivity contribution in [3.8, 4) is 11.5 Å². The van der Waals surface area contributed by atoms with Crippen LogP contribution in [-0.4, -0.2) is 47.4 Å². The third-order valence-electron chi connectivity index (χ3n) is 6.39. The Hall–Kier alpha value is -1.07. The number of phenols is 1. The summed E-state index contributed by atoms with van der Waals surface area (Å²) in [7, 11) is 2.20. The SMILES string of the molecule is CBr.CN1CC[C@]23c4c5ccc(O)c4O[C@H]2C(=O)CC[C@H]3[C@H]1C5. The van der Waals surface area contributed by atoms with Crippen molar-refractivity contribution >= 4 is 21.7 Å². The number of phenolic OH excluding ortho intramolecular Hbond substituents is 1. The van der Waals surface area contributed by atoms with Crippen LogP contribution in [-0.2, 0) is 16.6 Å². The number of likely N-dealkylation sites (tertiary alicyclic amines) is 1. The van der Waals surface area contributed by atoms with Crippen molar-refractivity contribution in [1.29, 1.82) is 0 Å². The van der Waals surface area contributed by atoms with E-state index in [4.69, 9.17) is 4.74 Å². The summed E-state index contributed by atoms with van der Waals surface area (Å²) < 4.78 is 6.04. The van der Waals surface area contributed by atoms with Crippen LogP contribution in [0.4, 0.5) is 0 Å². The first-order chi connectivity index (χ1) is 11.1. The van der Waals surface area contributed by atoms with Gasteiger partial charge in [-0.05, 0) is 56.2 Å². The van der Waals surface area contributed by atoms with Crippen LogP contribution < -0.4 is 4.74 Å². The van der Waals surface area contributed by atoms with Gasteiger partial charge in [-0.15, -0.1) is 0 Å². The summed E-state index contributed by atoms with van der Waals surface area (Å²) in [5.74, 6) is 3.31. The summed E-state index contributed by atoms with van der Waals surface area (Å²) in [5.41, 5.74) is 2.26. The topological polar surface area (TPSA) is 49.8 Å². The number of ether oxygens (including phenoxy) is 1. The molecule has 1 aromatic rings. The summed E-state index contributed by atoms with van der Waals surface area (Å²) in [5, 5.41) is 10.2. The van der Waals surface area contributed by atoms with Gasteiger partial charge in [-0.1, -0.05) is 22.0 Å². The van der Waals surface area contributed by atoms with Gasteiger partial charge >= 0.3 is 0 Å². The Balaban J connectivity index is 0.000000652. The first-order valence-corrected chi connectivity index (χ1v) is 9.84. The molecular formula is C18H22BrNO3. The summed E-state index contributed by atoms with van der Waals surface area (Å²) in [6.07, 6.45) is 3.18. The van der Waals surface area contributed by atoms with Crippen molar-refractivity contribution in [2.75, 3.05) is 19.4 Å². The lowest BCUT2D eigenvalue weighted by molar-refractivity contribution is -0.138. The van der Waals surface area contributed by atoms with E-state index in [1.54, 1.807) is 6.07 Å². The van der Waals surface area contributed by atoms with Gasteiger partial charge in [-0.2, -0.15) is 0 Å². The molecule has 1 N–H and O–H groups in total. The van der Waals surface area contributed by atoms with Gasteiger partial charge in [-0.25, -0.2) is 0 Å². The second kappa shape index (κ2) is 5.21. The third-order valence-corrected chi connectivity index (χ3v) is 6.39. The zero-order chi connectivity index (χ0) is 16.4. The molecule has 2 aliphatic carbocycles. The number of aromatic hydroxyl groups is 1. The molecule has 0 aromatic heterocycles. The maximum Gasteiger partial charge on any atom is 0.174 e. The van der Waals surface area contributed by atoms with E-state index in [-0.39, 0.29) is 23.1 Å². The molecule has 1 saturated carbocycles. The fraction of sp³-hybridized carbons (Fsp3) is 0.611. The number of likely N-dealkylation sites (N-methyl/N-ethyl adjacent to an activating group) is 1. The number of hydrogen-bond acceptors (Lipinski definition) is 4. The van der Waals surface area contributed by atoms with Crippen LogP contribution in [0.15, 0.2) is 12.1 Å². The molecule has 1 saturated heterocycles. The number of Topliss-reactive ketones (excluding diaryl/α,β-unsaturated/α-hetero) is 1. The molecule has 2 aliphatic heterocycles. The van der Waals surface area contributed by atoms with E-state index in [2.05, 4.69) is 27.9 Å². The van der Waals surface area contributed by atoms with E-state index in [1.165, 1.54) is 5.56 Å². The number of benzene rings is 1. The Morgan fingerprint density at radius 3 is 2.96 bits per heavy atom. The van der Waals surface area contributed by atoms with Crippen molar-refractivity contribution in [3.63, 3.8) is 0 Å². The molecule has 1 spiro atoms. The van der Waals surface area contributed by atoms with E-state index in [9.17, 15) is 9.90 Å². The molecule has 5 heteroatoms. The fourth-order valence-corrected chi connectivity index (χ4v) is 5.52. The molecule has 4 atom stereocenters. The number of nitrogens with zero attached hydrogens (tertiary/aromatic N) is 1. The van der Waals surface area contributed by atoms with Gasteiger partial charge in [-0.3, -0.25) is 4.79 Å². The normalized spacial score (nSPS) is 36.7. The monoisotopic (exact) mass is 379 g/mol. The second-order valence-electron chi connectivity index (χ2n) is 7.10. The van der Waals surface area contributed by atoms with Gasteiger partial charge in [0.1, 0.15) is 0 Å². The number of ketones is 1. The molecule has 0 amide bonds. The van der Waals surface area contributed by atoms with Gasteiger partial charge in [0.2, 0.25) is 0 Å². The highest BCUT2D eigenvalue weighted by Crippen LogP contribution is 2.62. The van der Waals surface area contributed by atoms with Crippen LogP contribution in [0.1, 0.15) is 30.4 Å². The van der Waals surface area contributed by atoms with Crippen LogP contribution in [0.25, 0.3) is 0 Å². The number of piperidine rings is 1. The highest BCUT2D eigenvalue weighted by Gasteiger charge is 2.65. The Bertz CT molecular complexity index is 676. The Morgan fingerprint density at radius 2 is 2.17 bits per heavy atom. The number of rotatable bonds is 0. The van der Waals surface area contributed by atoms with Crippen LogP contribution >= 0.6 is 15.9 Å². The zero-order valence-corrected chi connectivity index (χ0v) is 15.1. The van der Waals surface area contributed by atoms with Crippen LogP contribution in [0.3, 0.4) is 0 Å². The second-order valence-corrected chi connectivity index (χ2v) is 7.10. The molecule has 4 aliphatic rings. The zero-order valence-electron chi connectivity index (χ0n) is 13.5. The van der Waals surface area contributed by atoms with Gasteiger partial charge < -0.3 is 14.7 Å². The van der Waals surface area contributed by atoms with Crippen molar-refractivity contribution in [1.82, 2.24) is 4.90 Å². The molecule has 124 valence electrons. The molecule has 0 radical (unpaired) electrons. The molecule has 5 rings (SSSR count). The molecule has 1 aromatic carbocycles. The Labute approximate surface area is 144 Å². The standard InChI is InChI=1S/C17H19NO3.CH3Br/c1-18-7-6-17-10-3-5-13(20)16(17)21-15-12(19)4-2-9(14(15)17)8-11(10)18;1-2/h2,4,10-11,16,19H,3,5-8H2,1H3;1H3/t10-,11+,16-,17-;/m0./s1. The van der Waals surface area contributed by atoms with E-state index in [0.29, 0.717) is 24.1 Å². The predicted molar refractivity (Wildman–Crippen MR) is 91.5 cm³/mol. The Morgan fingerprint density at radius 1 is 1.39 bits per heavy atom. The molecule has 2 bridgehead atoms. The molecule has 0 unspecified atom stereocenters. The number of carbonyl (C=O) groups is 1. The quantitative estimate of drug-likeness (QED) is 0.704. The highest BCUT2D eigenvalue weighted by molar-refractivity contribution is 9.08. The maximum atomic E-state index is 12.5. The van der Waals surface area contributed by atoms with Gasteiger partial charge in [0.15, 0.2) is 23.4 Å². The van der Waals surface area contributed by atoms with E-state index < -0.39 is 0 Å². The minimum Gasteiger partial charge on any atom is -0.504 e. The van der Waals surface area contributed by atoms with E-state index in [0.717, 1.165) is 31.4 Å². The van der Waals surface area contributed by atoms with Gasteiger partial charge in [0.05, 0.1) is 0 Å². The lowest BCUT2D eigenvalue weighted by Gasteiger charge is -2.57. The fourth-order valence-electron chi connectivity index (χ4n) is 5.52. The first kappa shape index (κ1) is 15.5. The summed E-state index contributed by atoms with van der Waals surface area (Å²) >= 11 is 2.94. The number of halogens is 1. The molecule has 2 heterocycles. The smallest absolute Gasteiger partial charge is 0.174 e. The minimum atomic E-state index is -0.366.